The molecule has 1 aromatic carbocycles. The van der Waals surface area contributed by atoms with Gasteiger partial charge in [-0.25, -0.2) is 4.39 Å². The van der Waals surface area contributed by atoms with Gasteiger partial charge in [0, 0.05) is 6.07 Å². The van der Waals surface area contributed by atoms with E-state index in [4.69, 9.17) is 4.74 Å². The normalized spacial score (nSPS) is 15.8. The maximum atomic E-state index is 13.6. The van der Waals surface area contributed by atoms with Crippen LogP contribution in [-0.2, 0) is 5.41 Å². The molecule has 0 fully saturated rings. The molecule has 1 unspecified atom stereocenters. The Bertz CT molecular complexity index is 468. The maximum Gasteiger partial charge on any atom is 0.127 e. The van der Waals surface area contributed by atoms with E-state index in [2.05, 4.69) is 0 Å². The van der Waals surface area contributed by atoms with Gasteiger partial charge in [-0.2, -0.15) is 0 Å². The van der Waals surface area contributed by atoms with Crippen LogP contribution in [0.2, 0.25) is 0 Å². The molecule has 0 aliphatic heterocycles. The first-order valence-corrected chi connectivity index (χ1v) is 6.71. The molecule has 0 aromatic heterocycles. The summed E-state index contributed by atoms with van der Waals surface area (Å²) in [7, 11) is 0. The molecular formula is C16H25FO3. The lowest BCUT2D eigenvalue weighted by molar-refractivity contribution is -0.137. The first kappa shape index (κ1) is 16.9. The van der Waals surface area contributed by atoms with E-state index in [0.29, 0.717) is 5.75 Å². The zero-order valence-electron chi connectivity index (χ0n) is 13.1. The molecule has 0 radical (unpaired) electrons. The summed E-state index contributed by atoms with van der Waals surface area (Å²) >= 11 is 0. The van der Waals surface area contributed by atoms with Gasteiger partial charge in [0.15, 0.2) is 0 Å². The van der Waals surface area contributed by atoms with Crippen molar-refractivity contribution in [3.8, 4) is 5.75 Å². The minimum absolute atomic E-state index is 0.121. The van der Waals surface area contributed by atoms with Crippen LogP contribution in [0.3, 0.4) is 0 Å². The van der Waals surface area contributed by atoms with Crippen LogP contribution in [0, 0.1) is 5.82 Å². The van der Waals surface area contributed by atoms with E-state index in [1.807, 2.05) is 20.8 Å². The van der Waals surface area contributed by atoms with Crippen LogP contribution in [0.4, 0.5) is 4.39 Å². The van der Waals surface area contributed by atoms with E-state index in [9.17, 15) is 14.6 Å². The van der Waals surface area contributed by atoms with Gasteiger partial charge in [-0.3, -0.25) is 0 Å². The molecule has 1 atom stereocenters. The summed E-state index contributed by atoms with van der Waals surface area (Å²) in [6, 6.07) is 4.50. The van der Waals surface area contributed by atoms with Gasteiger partial charge in [-0.15, -0.1) is 0 Å². The van der Waals surface area contributed by atoms with E-state index in [0.717, 1.165) is 5.56 Å². The third-order valence-electron chi connectivity index (χ3n) is 3.58. The minimum Gasteiger partial charge on any atom is -0.490 e. The van der Waals surface area contributed by atoms with Crippen molar-refractivity contribution in [1.82, 2.24) is 0 Å². The number of ether oxygens (including phenoxy) is 1. The van der Waals surface area contributed by atoms with E-state index >= 15 is 0 Å². The van der Waals surface area contributed by atoms with E-state index < -0.39 is 11.2 Å². The third-order valence-corrected chi connectivity index (χ3v) is 3.58. The van der Waals surface area contributed by atoms with Crippen LogP contribution in [0.15, 0.2) is 18.2 Å². The molecule has 1 aromatic rings. The molecule has 0 saturated carbocycles. The van der Waals surface area contributed by atoms with Crippen LogP contribution in [0.25, 0.3) is 0 Å². The second-order valence-corrected chi connectivity index (χ2v) is 7.05. The Morgan fingerprint density at radius 1 is 1.00 bits per heavy atom. The fourth-order valence-corrected chi connectivity index (χ4v) is 1.48. The van der Waals surface area contributed by atoms with Gasteiger partial charge in [0.25, 0.3) is 0 Å². The summed E-state index contributed by atoms with van der Waals surface area (Å²) < 4.78 is 19.1. The fourth-order valence-electron chi connectivity index (χ4n) is 1.48. The van der Waals surface area contributed by atoms with E-state index in [1.54, 1.807) is 6.07 Å². The molecular weight excluding hydrogens is 259 g/mol. The summed E-state index contributed by atoms with van der Waals surface area (Å²) in [6.45, 7) is 10.3. The average Bonchev–Trinajstić information content (AvgIpc) is 2.23. The summed E-state index contributed by atoms with van der Waals surface area (Å²) in [5.41, 5.74) is -2.12. The van der Waals surface area contributed by atoms with Crippen LogP contribution in [0.1, 0.15) is 47.1 Å². The highest BCUT2D eigenvalue weighted by atomic mass is 19.1. The number of aliphatic hydroxyl groups is 2. The molecule has 0 heterocycles. The standard InChI is InChI=1S/C16H25FO3/c1-14(2,3)11-7-12(17)9-13(8-11)20-10-16(6,19)15(4,5)18/h7-9,18-19H,10H2,1-6H3. The van der Waals surface area contributed by atoms with Crippen LogP contribution < -0.4 is 4.74 Å². The smallest absolute Gasteiger partial charge is 0.127 e. The molecule has 0 aliphatic rings. The van der Waals surface area contributed by atoms with Crippen molar-refractivity contribution in [2.75, 3.05) is 6.61 Å². The van der Waals surface area contributed by atoms with Gasteiger partial charge in [0.2, 0.25) is 0 Å². The van der Waals surface area contributed by atoms with Crippen molar-refractivity contribution in [3.05, 3.63) is 29.6 Å². The Kier molecular flexibility index (Phi) is 4.52. The van der Waals surface area contributed by atoms with Crippen molar-refractivity contribution in [3.63, 3.8) is 0 Å². The zero-order chi connectivity index (χ0) is 15.8. The number of halogens is 1. The molecule has 2 N–H and O–H groups in total. The summed E-state index contributed by atoms with van der Waals surface area (Å²) in [5, 5.41) is 20.0. The SMILES string of the molecule is CC(C)(C)c1cc(F)cc(OCC(C)(O)C(C)(C)O)c1. The molecule has 1 rings (SSSR count). The summed E-state index contributed by atoms with van der Waals surface area (Å²) in [6.07, 6.45) is 0. The Labute approximate surface area is 120 Å². The molecule has 0 amide bonds. The van der Waals surface area contributed by atoms with Crippen LogP contribution in [-0.4, -0.2) is 28.0 Å². The lowest BCUT2D eigenvalue weighted by Gasteiger charge is -2.35. The summed E-state index contributed by atoms with van der Waals surface area (Å²) in [4.78, 5) is 0. The minimum atomic E-state index is -1.43. The average molecular weight is 284 g/mol. The van der Waals surface area contributed by atoms with Crippen molar-refractivity contribution < 1.29 is 19.3 Å². The van der Waals surface area contributed by atoms with Crippen molar-refractivity contribution >= 4 is 0 Å². The van der Waals surface area contributed by atoms with Crippen LogP contribution >= 0.6 is 0 Å². The molecule has 4 heteroatoms. The van der Waals surface area contributed by atoms with Gasteiger partial charge in [-0.1, -0.05) is 20.8 Å². The first-order valence-electron chi connectivity index (χ1n) is 6.71. The first-order chi connectivity index (χ1) is 8.83. The predicted octanol–water partition coefficient (Wildman–Crippen LogP) is 3.02. The zero-order valence-corrected chi connectivity index (χ0v) is 13.1. The Hall–Kier alpha value is -1.13. The third kappa shape index (κ3) is 4.18. The van der Waals surface area contributed by atoms with Gasteiger partial charge < -0.3 is 14.9 Å². The highest BCUT2D eigenvalue weighted by Gasteiger charge is 2.38. The topological polar surface area (TPSA) is 49.7 Å². The number of rotatable bonds is 4. The predicted molar refractivity (Wildman–Crippen MR) is 77.5 cm³/mol. The Morgan fingerprint density at radius 2 is 1.55 bits per heavy atom. The van der Waals surface area contributed by atoms with Gasteiger partial charge in [0.1, 0.15) is 23.8 Å². The van der Waals surface area contributed by atoms with Gasteiger partial charge in [-0.05, 0) is 43.9 Å². The van der Waals surface area contributed by atoms with E-state index in [-0.39, 0.29) is 17.8 Å². The Balaban J connectivity index is 2.92. The quantitative estimate of drug-likeness (QED) is 0.893. The molecule has 3 nitrogen and oxygen atoms in total. The second kappa shape index (κ2) is 5.34. The van der Waals surface area contributed by atoms with Crippen molar-refractivity contribution in [1.29, 1.82) is 0 Å². The molecule has 0 bridgehead atoms. The molecule has 20 heavy (non-hydrogen) atoms. The highest BCUT2D eigenvalue weighted by Crippen LogP contribution is 2.28. The van der Waals surface area contributed by atoms with E-state index in [1.165, 1.54) is 32.9 Å². The highest BCUT2D eigenvalue weighted by molar-refractivity contribution is 5.33. The molecule has 0 spiro atoms. The molecule has 114 valence electrons. The number of hydrogen-bond acceptors (Lipinski definition) is 3. The van der Waals surface area contributed by atoms with Gasteiger partial charge >= 0.3 is 0 Å². The number of benzene rings is 1. The lowest BCUT2D eigenvalue weighted by Crippen LogP contribution is -2.51. The van der Waals surface area contributed by atoms with Crippen molar-refractivity contribution in [2.45, 2.75) is 58.2 Å². The summed E-state index contributed by atoms with van der Waals surface area (Å²) in [5.74, 6) is -0.0326. The largest absolute Gasteiger partial charge is 0.490 e. The fraction of sp³-hybridized carbons (Fsp3) is 0.625. The Morgan fingerprint density at radius 3 is 2.00 bits per heavy atom. The van der Waals surface area contributed by atoms with Crippen LogP contribution in [0.5, 0.6) is 5.75 Å². The second-order valence-electron chi connectivity index (χ2n) is 7.05. The molecule has 0 aliphatic carbocycles. The van der Waals surface area contributed by atoms with Crippen molar-refractivity contribution in [2.24, 2.45) is 0 Å². The van der Waals surface area contributed by atoms with Gasteiger partial charge in [0.05, 0.1) is 5.60 Å². The number of hydrogen-bond donors (Lipinski definition) is 2. The lowest BCUT2D eigenvalue weighted by atomic mass is 9.87. The molecule has 0 saturated heterocycles. The maximum absolute atomic E-state index is 13.6. The monoisotopic (exact) mass is 284 g/mol.